The summed E-state index contributed by atoms with van der Waals surface area (Å²) in [5.74, 6) is 0. The smallest absolute Gasteiger partial charge is 0.0540 e. The lowest BCUT2D eigenvalue weighted by Gasteiger charge is -2.32. The van der Waals surface area contributed by atoms with Crippen LogP contribution in [0.25, 0.3) is 55.6 Å². The first-order valence-electron chi connectivity index (χ1n) is 20.3. The van der Waals surface area contributed by atoms with Gasteiger partial charge in [0.1, 0.15) is 0 Å². The largest absolute Gasteiger partial charge is 0.310 e. The molecule has 8 aromatic carbocycles. The Bertz CT molecular complexity index is 2730. The standard InChI is InChI=1S/C56H47N/c1-36-15-14-16-37(2)54(36)48-33-41(40-25-23-39(24-26-40)38-17-8-7-9-18-38)27-32-53(48)57(42-28-30-46-44-19-10-12-21-49(44)55(3,4)51(46)34-42)43-29-31-47-45-20-11-13-22-50(45)56(5,6)52(47)35-43/h7-35H,1-6H3. The zero-order chi connectivity index (χ0) is 39.1. The molecule has 0 saturated heterocycles. The van der Waals surface area contributed by atoms with E-state index in [1.165, 1.54) is 94.7 Å². The van der Waals surface area contributed by atoms with E-state index in [1.54, 1.807) is 0 Å². The predicted octanol–water partition coefficient (Wildman–Crippen LogP) is 15.4. The number of anilines is 3. The quantitative estimate of drug-likeness (QED) is 0.164. The second-order valence-electron chi connectivity index (χ2n) is 17.1. The van der Waals surface area contributed by atoms with Gasteiger partial charge in [-0.1, -0.05) is 167 Å². The highest BCUT2D eigenvalue weighted by molar-refractivity contribution is 5.95. The minimum absolute atomic E-state index is 0.125. The molecule has 0 N–H and O–H groups in total. The Morgan fingerprint density at radius 1 is 0.333 bits per heavy atom. The van der Waals surface area contributed by atoms with Crippen LogP contribution in [-0.2, 0) is 10.8 Å². The molecule has 0 unspecified atom stereocenters. The molecule has 0 amide bonds. The van der Waals surface area contributed by atoms with Crippen molar-refractivity contribution in [3.63, 3.8) is 0 Å². The molecule has 10 rings (SSSR count). The van der Waals surface area contributed by atoms with Gasteiger partial charge in [0, 0.05) is 27.8 Å². The number of aryl methyl sites for hydroxylation is 2. The van der Waals surface area contributed by atoms with Crippen LogP contribution in [0.15, 0.2) is 176 Å². The first-order valence-corrected chi connectivity index (χ1v) is 20.3. The van der Waals surface area contributed by atoms with Crippen LogP contribution in [0.1, 0.15) is 61.1 Å². The molecular formula is C56H47N. The molecule has 276 valence electrons. The molecule has 0 heterocycles. The van der Waals surface area contributed by atoms with Gasteiger partial charge in [0.2, 0.25) is 0 Å². The van der Waals surface area contributed by atoms with E-state index in [9.17, 15) is 0 Å². The van der Waals surface area contributed by atoms with Crippen molar-refractivity contribution in [1.82, 2.24) is 0 Å². The van der Waals surface area contributed by atoms with Gasteiger partial charge in [0.05, 0.1) is 5.69 Å². The maximum absolute atomic E-state index is 2.53. The summed E-state index contributed by atoms with van der Waals surface area (Å²) in [5.41, 5.74) is 24.0. The third-order valence-electron chi connectivity index (χ3n) is 13.0. The van der Waals surface area contributed by atoms with Crippen LogP contribution in [0.5, 0.6) is 0 Å². The van der Waals surface area contributed by atoms with Crippen molar-refractivity contribution in [2.45, 2.75) is 52.4 Å². The molecule has 0 saturated carbocycles. The molecule has 2 aliphatic rings. The number of fused-ring (bicyclic) bond motifs is 6. The van der Waals surface area contributed by atoms with Gasteiger partial charge in [-0.3, -0.25) is 0 Å². The van der Waals surface area contributed by atoms with Crippen LogP contribution in [0.4, 0.5) is 17.1 Å². The van der Waals surface area contributed by atoms with Gasteiger partial charge in [0.15, 0.2) is 0 Å². The minimum Gasteiger partial charge on any atom is -0.310 e. The summed E-state index contributed by atoms with van der Waals surface area (Å²) in [6, 6.07) is 65.7. The summed E-state index contributed by atoms with van der Waals surface area (Å²) in [7, 11) is 0. The van der Waals surface area contributed by atoms with Crippen molar-refractivity contribution in [3.05, 3.63) is 209 Å². The second-order valence-corrected chi connectivity index (χ2v) is 17.1. The van der Waals surface area contributed by atoms with Gasteiger partial charge in [-0.05, 0) is 134 Å². The van der Waals surface area contributed by atoms with Gasteiger partial charge >= 0.3 is 0 Å². The highest BCUT2D eigenvalue weighted by Gasteiger charge is 2.38. The number of nitrogens with zero attached hydrogens (tertiary/aromatic N) is 1. The Labute approximate surface area is 337 Å². The number of hydrogen-bond donors (Lipinski definition) is 0. The minimum atomic E-state index is -0.125. The van der Waals surface area contributed by atoms with Crippen molar-refractivity contribution in [1.29, 1.82) is 0 Å². The number of rotatable bonds is 6. The van der Waals surface area contributed by atoms with E-state index in [0.717, 1.165) is 11.4 Å². The normalized spacial score (nSPS) is 14.1. The predicted molar refractivity (Wildman–Crippen MR) is 242 cm³/mol. The Morgan fingerprint density at radius 3 is 1.32 bits per heavy atom. The van der Waals surface area contributed by atoms with Gasteiger partial charge in [-0.2, -0.15) is 0 Å². The first kappa shape index (κ1) is 35.0. The van der Waals surface area contributed by atoms with Crippen LogP contribution >= 0.6 is 0 Å². The fourth-order valence-electron chi connectivity index (χ4n) is 9.93. The van der Waals surface area contributed by atoms with Crippen LogP contribution in [0.2, 0.25) is 0 Å². The summed E-state index contributed by atoms with van der Waals surface area (Å²) in [4.78, 5) is 2.53. The molecule has 0 atom stereocenters. The first-order chi connectivity index (χ1) is 27.6. The zero-order valence-corrected chi connectivity index (χ0v) is 33.7. The Balaban J connectivity index is 1.20. The second kappa shape index (κ2) is 13.1. The Hall–Kier alpha value is -6.44. The highest BCUT2D eigenvalue weighted by atomic mass is 15.1. The zero-order valence-electron chi connectivity index (χ0n) is 33.7. The van der Waals surface area contributed by atoms with Gasteiger partial charge in [-0.15, -0.1) is 0 Å². The summed E-state index contributed by atoms with van der Waals surface area (Å²) >= 11 is 0. The lowest BCUT2D eigenvalue weighted by molar-refractivity contribution is 0.660. The van der Waals surface area contributed by atoms with Gasteiger partial charge in [-0.25, -0.2) is 0 Å². The van der Waals surface area contributed by atoms with Crippen molar-refractivity contribution in [2.24, 2.45) is 0 Å². The third-order valence-corrected chi connectivity index (χ3v) is 13.0. The summed E-state index contributed by atoms with van der Waals surface area (Å²) < 4.78 is 0. The molecule has 57 heavy (non-hydrogen) atoms. The molecule has 0 radical (unpaired) electrons. The summed E-state index contributed by atoms with van der Waals surface area (Å²) in [5, 5.41) is 0. The molecule has 2 aliphatic carbocycles. The molecular weight excluding hydrogens is 687 g/mol. The van der Waals surface area contributed by atoms with E-state index in [1.807, 2.05) is 0 Å². The van der Waals surface area contributed by atoms with Crippen LogP contribution in [0, 0.1) is 13.8 Å². The van der Waals surface area contributed by atoms with Crippen molar-refractivity contribution in [3.8, 4) is 55.6 Å². The van der Waals surface area contributed by atoms with E-state index in [-0.39, 0.29) is 10.8 Å². The van der Waals surface area contributed by atoms with Crippen LogP contribution in [-0.4, -0.2) is 0 Å². The third kappa shape index (κ3) is 5.52. The van der Waals surface area contributed by atoms with E-state index in [2.05, 4.69) is 222 Å². The molecule has 0 aromatic heterocycles. The lowest BCUT2D eigenvalue weighted by Crippen LogP contribution is -2.18. The monoisotopic (exact) mass is 733 g/mol. The molecule has 0 spiro atoms. The van der Waals surface area contributed by atoms with E-state index >= 15 is 0 Å². The topological polar surface area (TPSA) is 3.24 Å². The molecule has 0 fully saturated rings. The Kier molecular flexibility index (Phi) is 8.03. The molecule has 0 aliphatic heterocycles. The van der Waals surface area contributed by atoms with Crippen molar-refractivity contribution in [2.75, 3.05) is 4.90 Å². The SMILES string of the molecule is Cc1cccc(C)c1-c1cc(-c2ccc(-c3ccccc3)cc2)ccc1N(c1ccc2c(c1)C(C)(C)c1ccccc1-2)c1ccc2c(c1)C(C)(C)c1ccccc1-2. The maximum Gasteiger partial charge on any atom is 0.0540 e. The average molecular weight is 734 g/mol. The van der Waals surface area contributed by atoms with E-state index in [0.29, 0.717) is 0 Å². The highest BCUT2D eigenvalue weighted by Crippen LogP contribution is 2.54. The lowest BCUT2D eigenvalue weighted by atomic mass is 9.82. The van der Waals surface area contributed by atoms with Gasteiger partial charge < -0.3 is 4.90 Å². The number of benzene rings is 8. The van der Waals surface area contributed by atoms with Crippen LogP contribution in [0.3, 0.4) is 0 Å². The van der Waals surface area contributed by atoms with Crippen molar-refractivity contribution >= 4 is 17.1 Å². The summed E-state index contributed by atoms with van der Waals surface area (Å²) in [6.45, 7) is 14.0. The van der Waals surface area contributed by atoms with E-state index in [4.69, 9.17) is 0 Å². The maximum atomic E-state index is 2.53. The fraction of sp³-hybridized carbons (Fsp3) is 0.143. The Morgan fingerprint density at radius 2 is 0.772 bits per heavy atom. The molecule has 1 heteroatoms. The van der Waals surface area contributed by atoms with Gasteiger partial charge in [0.25, 0.3) is 0 Å². The molecule has 0 bridgehead atoms. The molecule has 8 aromatic rings. The summed E-state index contributed by atoms with van der Waals surface area (Å²) in [6.07, 6.45) is 0. The average Bonchev–Trinajstić information content (AvgIpc) is 3.61. The van der Waals surface area contributed by atoms with Crippen molar-refractivity contribution < 1.29 is 0 Å². The van der Waals surface area contributed by atoms with E-state index < -0.39 is 0 Å². The number of hydrogen-bond acceptors (Lipinski definition) is 1. The fourth-order valence-corrected chi connectivity index (χ4v) is 9.93. The molecule has 1 nitrogen and oxygen atoms in total. The van der Waals surface area contributed by atoms with Crippen LogP contribution < -0.4 is 4.90 Å².